The third kappa shape index (κ3) is 3.00. The second-order valence-corrected chi connectivity index (χ2v) is 5.23. The first-order chi connectivity index (χ1) is 8.25. The zero-order valence-electron chi connectivity index (χ0n) is 10.2. The minimum absolute atomic E-state index is 0.0570. The molecule has 6 heteroatoms. The average Bonchev–Trinajstić information content (AvgIpc) is 2.21. The predicted molar refractivity (Wildman–Crippen MR) is 71.4 cm³/mol. The molecular formula is C12H13Cl2NO3. The van der Waals surface area contributed by atoms with E-state index in [0.717, 1.165) is 0 Å². The number of Topliss-reactive ketones (excluding diaryl/α,β-unsaturated/α-hetero) is 1. The molecule has 1 unspecified atom stereocenters. The fourth-order valence-corrected chi connectivity index (χ4v) is 2.34. The van der Waals surface area contributed by atoms with E-state index in [1.165, 1.54) is 19.1 Å². The van der Waals surface area contributed by atoms with Gasteiger partial charge in [-0.15, -0.1) is 0 Å². The van der Waals surface area contributed by atoms with Crippen molar-refractivity contribution in [2.24, 2.45) is 5.92 Å². The molecule has 0 saturated heterocycles. The molecule has 1 atom stereocenters. The van der Waals surface area contributed by atoms with Crippen LogP contribution < -0.4 is 0 Å². The first-order valence-corrected chi connectivity index (χ1v) is 6.15. The number of hydrogen-bond donors (Lipinski definition) is 0. The van der Waals surface area contributed by atoms with Crippen molar-refractivity contribution < 1.29 is 9.72 Å². The Morgan fingerprint density at radius 2 is 1.78 bits per heavy atom. The van der Waals surface area contributed by atoms with Crippen molar-refractivity contribution in [3.63, 3.8) is 0 Å². The minimum Gasteiger partial charge on any atom is -0.299 e. The van der Waals surface area contributed by atoms with Gasteiger partial charge in [-0.2, -0.15) is 0 Å². The molecule has 1 aromatic carbocycles. The van der Waals surface area contributed by atoms with E-state index < -0.39 is 10.8 Å². The van der Waals surface area contributed by atoms with Gasteiger partial charge < -0.3 is 0 Å². The van der Waals surface area contributed by atoms with Gasteiger partial charge in [0.05, 0.1) is 20.9 Å². The van der Waals surface area contributed by atoms with E-state index in [4.69, 9.17) is 23.2 Å². The largest absolute Gasteiger partial charge is 0.299 e. The second-order valence-electron chi connectivity index (χ2n) is 4.41. The van der Waals surface area contributed by atoms with E-state index in [1.54, 1.807) is 0 Å². The summed E-state index contributed by atoms with van der Waals surface area (Å²) in [5.74, 6) is -0.745. The Morgan fingerprint density at radius 1 is 1.28 bits per heavy atom. The summed E-state index contributed by atoms with van der Waals surface area (Å²) in [6.45, 7) is 5.08. The Kier molecular flexibility index (Phi) is 4.71. The topological polar surface area (TPSA) is 60.2 Å². The molecule has 0 heterocycles. The zero-order valence-corrected chi connectivity index (χ0v) is 11.7. The number of nitrogens with zero attached hydrogens (tertiary/aromatic N) is 1. The smallest absolute Gasteiger partial charge is 0.274 e. The normalized spacial score (nSPS) is 12.6. The van der Waals surface area contributed by atoms with E-state index in [0.29, 0.717) is 5.56 Å². The van der Waals surface area contributed by atoms with Gasteiger partial charge in [0.1, 0.15) is 5.78 Å². The van der Waals surface area contributed by atoms with Crippen LogP contribution in [-0.2, 0) is 4.79 Å². The third-order valence-electron chi connectivity index (χ3n) is 2.71. The van der Waals surface area contributed by atoms with Gasteiger partial charge in [0.2, 0.25) is 0 Å². The lowest BCUT2D eigenvalue weighted by Crippen LogP contribution is -2.17. The SMILES string of the molecule is CC(=O)C(c1cc(Cl)c(Cl)cc1[N+](=O)[O-])C(C)C. The summed E-state index contributed by atoms with van der Waals surface area (Å²) in [7, 11) is 0. The van der Waals surface area contributed by atoms with Crippen LogP contribution in [-0.4, -0.2) is 10.7 Å². The van der Waals surface area contributed by atoms with Crippen molar-refractivity contribution >= 4 is 34.7 Å². The summed E-state index contributed by atoms with van der Waals surface area (Å²) in [6.07, 6.45) is 0. The van der Waals surface area contributed by atoms with Crippen LogP contribution in [0.3, 0.4) is 0 Å². The highest BCUT2D eigenvalue weighted by Gasteiger charge is 2.29. The number of benzene rings is 1. The number of nitro groups is 1. The maximum atomic E-state index is 11.7. The van der Waals surface area contributed by atoms with E-state index in [-0.39, 0.29) is 27.4 Å². The van der Waals surface area contributed by atoms with Gasteiger partial charge in [0.25, 0.3) is 5.69 Å². The number of halogens is 2. The number of ketones is 1. The molecule has 98 valence electrons. The van der Waals surface area contributed by atoms with Crippen LogP contribution in [0.5, 0.6) is 0 Å². The first kappa shape index (κ1) is 14.9. The van der Waals surface area contributed by atoms with Crippen molar-refractivity contribution in [3.8, 4) is 0 Å². The number of carbonyl (C=O) groups excluding carboxylic acids is 1. The molecule has 0 saturated carbocycles. The van der Waals surface area contributed by atoms with Crippen LogP contribution in [0.1, 0.15) is 32.3 Å². The van der Waals surface area contributed by atoms with Crippen LogP contribution in [0, 0.1) is 16.0 Å². The third-order valence-corrected chi connectivity index (χ3v) is 3.43. The van der Waals surface area contributed by atoms with E-state index >= 15 is 0 Å². The van der Waals surface area contributed by atoms with Gasteiger partial charge in [-0.05, 0) is 18.9 Å². The Bertz CT molecular complexity index is 500. The predicted octanol–water partition coefficient (Wildman–Crippen LogP) is 4.23. The fourth-order valence-electron chi connectivity index (χ4n) is 2.01. The Morgan fingerprint density at radius 3 is 2.17 bits per heavy atom. The van der Waals surface area contributed by atoms with Crippen LogP contribution >= 0.6 is 23.2 Å². The van der Waals surface area contributed by atoms with Crippen molar-refractivity contribution in [1.82, 2.24) is 0 Å². The molecule has 0 N–H and O–H groups in total. The van der Waals surface area contributed by atoms with Crippen LogP contribution in [0.25, 0.3) is 0 Å². The van der Waals surface area contributed by atoms with Crippen LogP contribution in [0.15, 0.2) is 12.1 Å². The summed E-state index contributed by atoms with van der Waals surface area (Å²) in [5, 5.41) is 11.3. The van der Waals surface area contributed by atoms with Crippen molar-refractivity contribution in [2.45, 2.75) is 26.7 Å². The molecule has 0 aliphatic heterocycles. The molecular weight excluding hydrogens is 277 g/mol. The average molecular weight is 290 g/mol. The number of nitro benzene ring substituents is 1. The molecule has 18 heavy (non-hydrogen) atoms. The van der Waals surface area contributed by atoms with E-state index in [1.807, 2.05) is 13.8 Å². The molecule has 1 rings (SSSR count). The zero-order chi connectivity index (χ0) is 14.0. The fraction of sp³-hybridized carbons (Fsp3) is 0.417. The Hall–Kier alpha value is -1.13. The lowest BCUT2D eigenvalue weighted by Gasteiger charge is -2.18. The quantitative estimate of drug-likeness (QED) is 0.615. The monoisotopic (exact) mass is 289 g/mol. The van der Waals surface area contributed by atoms with Gasteiger partial charge in [-0.1, -0.05) is 37.0 Å². The summed E-state index contributed by atoms with van der Waals surface area (Å²) in [5.41, 5.74) is 0.148. The van der Waals surface area contributed by atoms with Gasteiger partial charge >= 0.3 is 0 Å². The van der Waals surface area contributed by atoms with E-state index in [9.17, 15) is 14.9 Å². The second kappa shape index (κ2) is 5.67. The standard InChI is InChI=1S/C12H13Cl2NO3/c1-6(2)12(7(3)16)8-4-9(13)10(14)5-11(8)15(17)18/h4-6,12H,1-3H3. The number of hydrogen-bond acceptors (Lipinski definition) is 3. The Labute approximate surface area is 115 Å². The van der Waals surface area contributed by atoms with Crippen LogP contribution in [0.2, 0.25) is 10.0 Å². The summed E-state index contributed by atoms with van der Waals surface area (Å²) >= 11 is 11.7. The molecule has 0 aliphatic rings. The number of carbonyl (C=O) groups is 1. The molecule has 0 spiro atoms. The summed E-state index contributed by atoms with van der Waals surface area (Å²) in [6, 6.07) is 2.60. The molecule has 0 radical (unpaired) electrons. The van der Waals surface area contributed by atoms with E-state index in [2.05, 4.69) is 0 Å². The minimum atomic E-state index is -0.555. The molecule has 0 fully saturated rings. The molecule has 0 aromatic heterocycles. The molecule has 4 nitrogen and oxygen atoms in total. The van der Waals surface area contributed by atoms with Crippen LogP contribution in [0.4, 0.5) is 5.69 Å². The maximum absolute atomic E-state index is 11.7. The maximum Gasteiger partial charge on any atom is 0.274 e. The van der Waals surface area contributed by atoms with Gasteiger partial charge in [-0.3, -0.25) is 14.9 Å². The summed E-state index contributed by atoms with van der Waals surface area (Å²) < 4.78 is 0. The molecule has 0 bridgehead atoms. The lowest BCUT2D eigenvalue weighted by atomic mass is 9.84. The highest BCUT2D eigenvalue weighted by molar-refractivity contribution is 6.42. The highest BCUT2D eigenvalue weighted by Crippen LogP contribution is 2.37. The molecule has 1 aromatic rings. The van der Waals surface area contributed by atoms with Crippen molar-refractivity contribution in [1.29, 1.82) is 0 Å². The van der Waals surface area contributed by atoms with Gasteiger partial charge in [0.15, 0.2) is 0 Å². The summed E-state index contributed by atoms with van der Waals surface area (Å²) in [4.78, 5) is 22.1. The first-order valence-electron chi connectivity index (χ1n) is 5.39. The van der Waals surface area contributed by atoms with Gasteiger partial charge in [-0.25, -0.2) is 0 Å². The van der Waals surface area contributed by atoms with Crippen molar-refractivity contribution in [3.05, 3.63) is 37.9 Å². The molecule has 0 aliphatic carbocycles. The highest BCUT2D eigenvalue weighted by atomic mass is 35.5. The Balaban J connectivity index is 3.50. The van der Waals surface area contributed by atoms with Crippen molar-refractivity contribution in [2.75, 3.05) is 0 Å². The van der Waals surface area contributed by atoms with Gasteiger partial charge in [0, 0.05) is 11.6 Å². The lowest BCUT2D eigenvalue weighted by molar-refractivity contribution is -0.385. The molecule has 0 amide bonds. The number of rotatable bonds is 4.